The van der Waals surface area contributed by atoms with Gasteiger partial charge in [0, 0.05) is 38.0 Å². The zero-order valence-electron chi connectivity index (χ0n) is 13.6. The molecule has 128 valence electrons. The average molecular weight is 340 g/mol. The predicted molar refractivity (Wildman–Crippen MR) is 89.4 cm³/mol. The molecule has 1 saturated carbocycles. The standard InChI is InChI=1S/C17H26ClN3O2/c18-16-10-15(23-20-16)7-8-17(22)19-11-13-4-3-9-21(12-13)14-5-1-2-6-14/h10,13-14H,1-9,11-12H2,(H,19,22)/t13-/m0/s1. The number of hydrogen-bond acceptors (Lipinski definition) is 4. The van der Waals surface area contributed by atoms with Crippen molar-refractivity contribution in [2.45, 2.75) is 57.4 Å². The summed E-state index contributed by atoms with van der Waals surface area (Å²) in [7, 11) is 0. The number of piperidine rings is 1. The number of nitrogens with one attached hydrogen (secondary N) is 1. The van der Waals surface area contributed by atoms with Gasteiger partial charge >= 0.3 is 0 Å². The van der Waals surface area contributed by atoms with Crippen molar-refractivity contribution >= 4 is 17.5 Å². The third-order valence-electron chi connectivity index (χ3n) is 5.11. The smallest absolute Gasteiger partial charge is 0.220 e. The molecule has 0 radical (unpaired) electrons. The highest BCUT2D eigenvalue weighted by molar-refractivity contribution is 6.29. The first-order valence-electron chi connectivity index (χ1n) is 8.82. The second-order valence-electron chi connectivity index (χ2n) is 6.86. The third kappa shape index (κ3) is 4.95. The van der Waals surface area contributed by atoms with E-state index in [-0.39, 0.29) is 5.91 Å². The number of aryl methyl sites for hydroxylation is 1. The number of nitrogens with zero attached hydrogens (tertiary/aromatic N) is 2. The van der Waals surface area contributed by atoms with Crippen LogP contribution in [0.1, 0.15) is 50.7 Å². The van der Waals surface area contributed by atoms with Crippen LogP contribution in [0.25, 0.3) is 0 Å². The van der Waals surface area contributed by atoms with E-state index >= 15 is 0 Å². The summed E-state index contributed by atoms with van der Waals surface area (Å²) in [6.45, 7) is 3.17. The molecule has 0 spiro atoms. The fraction of sp³-hybridized carbons (Fsp3) is 0.765. The summed E-state index contributed by atoms with van der Waals surface area (Å²) in [5, 5.41) is 7.04. The Bertz CT molecular complexity index is 514. The van der Waals surface area contributed by atoms with Gasteiger partial charge < -0.3 is 14.7 Å². The van der Waals surface area contributed by atoms with Gasteiger partial charge in [0.25, 0.3) is 0 Å². The summed E-state index contributed by atoms with van der Waals surface area (Å²) >= 11 is 5.70. The number of aromatic nitrogens is 1. The lowest BCUT2D eigenvalue weighted by Crippen LogP contribution is -2.44. The van der Waals surface area contributed by atoms with Crippen LogP contribution in [0.15, 0.2) is 10.6 Å². The van der Waals surface area contributed by atoms with Crippen molar-refractivity contribution in [1.29, 1.82) is 0 Å². The Kier molecular flexibility index (Phi) is 5.95. The SMILES string of the molecule is O=C(CCc1cc(Cl)no1)NC[C@@H]1CCCN(C2CCCC2)C1. The van der Waals surface area contributed by atoms with Crippen molar-refractivity contribution in [1.82, 2.24) is 15.4 Å². The third-order valence-corrected chi connectivity index (χ3v) is 5.29. The first-order valence-corrected chi connectivity index (χ1v) is 9.20. The van der Waals surface area contributed by atoms with E-state index in [1.54, 1.807) is 6.07 Å². The van der Waals surface area contributed by atoms with E-state index in [4.69, 9.17) is 16.1 Å². The number of rotatable bonds is 6. The minimum atomic E-state index is 0.0792. The van der Waals surface area contributed by atoms with Crippen LogP contribution in [-0.4, -0.2) is 41.6 Å². The highest BCUT2D eigenvalue weighted by Crippen LogP contribution is 2.27. The van der Waals surface area contributed by atoms with E-state index < -0.39 is 0 Å². The van der Waals surface area contributed by atoms with Crippen molar-refractivity contribution in [3.63, 3.8) is 0 Å². The molecule has 1 aliphatic heterocycles. The highest BCUT2D eigenvalue weighted by atomic mass is 35.5. The van der Waals surface area contributed by atoms with E-state index in [0.717, 1.165) is 19.1 Å². The highest BCUT2D eigenvalue weighted by Gasteiger charge is 2.27. The first-order chi connectivity index (χ1) is 11.2. The number of carbonyl (C=O) groups is 1. The molecule has 1 atom stereocenters. The summed E-state index contributed by atoms with van der Waals surface area (Å²) in [5.74, 6) is 1.33. The van der Waals surface area contributed by atoms with E-state index in [2.05, 4.69) is 15.4 Å². The number of hydrogen-bond donors (Lipinski definition) is 1. The maximum absolute atomic E-state index is 12.0. The number of halogens is 1. The van der Waals surface area contributed by atoms with Gasteiger partial charge in [-0.15, -0.1) is 0 Å². The second kappa shape index (κ2) is 8.15. The number of carbonyl (C=O) groups excluding carboxylic acids is 1. The minimum absolute atomic E-state index is 0.0792. The lowest BCUT2D eigenvalue weighted by Gasteiger charge is -2.36. The van der Waals surface area contributed by atoms with Crippen LogP contribution in [0.2, 0.25) is 5.15 Å². The van der Waals surface area contributed by atoms with E-state index in [1.807, 2.05) is 0 Å². The fourth-order valence-electron chi connectivity index (χ4n) is 3.85. The Labute approximate surface area is 142 Å². The Morgan fingerprint density at radius 1 is 1.35 bits per heavy atom. The molecule has 3 rings (SSSR count). The van der Waals surface area contributed by atoms with Crippen LogP contribution >= 0.6 is 11.6 Å². The molecule has 23 heavy (non-hydrogen) atoms. The summed E-state index contributed by atoms with van der Waals surface area (Å²) in [6, 6.07) is 2.46. The molecule has 6 heteroatoms. The Balaban J connectivity index is 1.36. The van der Waals surface area contributed by atoms with Gasteiger partial charge in [-0.3, -0.25) is 4.79 Å². The molecule has 0 unspecified atom stereocenters. The number of amides is 1. The molecular formula is C17H26ClN3O2. The Morgan fingerprint density at radius 3 is 2.91 bits per heavy atom. The maximum atomic E-state index is 12.0. The molecule has 1 aromatic heterocycles. The van der Waals surface area contributed by atoms with E-state index in [0.29, 0.717) is 29.7 Å². The van der Waals surface area contributed by atoms with Crippen LogP contribution in [0, 0.1) is 5.92 Å². The lowest BCUT2D eigenvalue weighted by atomic mass is 9.96. The summed E-state index contributed by atoms with van der Waals surface area (Å²) in [5.41, 5.74) is 0. The first kappa shape index (κ1) is 16.8. The van der Waals surface area contributed by atoms with Crippen molar-refractivity contribution in [3.8, 4) is 0 Å². The molecule has 2 heterocycles. The van der Waals surface area contributed by atoms with Crippen molar-refractivity contribution in [2.75, 3.05) is 19.6 Å². The van der Waals surface area contributed by atoms with Crippen LogP contribution in [0.3, 0.4) is 0 Å². The number of likely N-dealkylation sites (tertiary alicyclic amines) is 1. The van der Waals surface area contributed by atoms with Gasteiger partial charge in [-0.2, -0.15) is 0 Å². The fourth-order valence-corrected chi connectivity index (χ4v) is 4.01. The van der Waals surface area contributed by atoms with Crippen LogP contribution in [0.5, 0.6) is 0 Å². The van der Waals surface area contributed by atoms with E-state index in [9.17, 15) is 4.79 Å². The van der Waals surface area contributed by atoms with Crippen molar-refractivity contribution in [3.05, 3.63) is 17.0 Å². The van der Waals surface area contributed by atoms with Crippen LogP contribution < -0.4 is 5.32 Å². The summed E-state index contributed by atoms with van der Waals surface area (Å²) in [4.78, 5) is 14.6. The van der Waals surface area contributed by atoms with Gasteiger partial charge in [-0.1, -0.05) is 29.6 Å². The Morgan fingerprint density at radius 2 is 2.17 bits per heavy atom. The van der Waals surface area contributed by atoms with Gasteiger partial charge in [0.1, 0.15) is 5.76 Å². The molecule has 1 amide bonds. The predicted octanol–water partition coefficient (Wildman–Crippen LogP) is 3.03. The van der Waals surface area contributed by atoms with Crippen molar-refractivity contribution < 1.29 is 9.32 Å². The molecule has 1 aliphatic carbocycles. The Hall–Kier alpha value is -1.07. The van der Waals surface area contributed by atoms with Gasteiger partial charge in [0.15, 0.2) is 5.15 Å². The summed E-state index contributed by atoms with van der Waals surface area (Å²) < 4.78 is 5.01. The lowest BCUT2D eigenvalue weighted by molar-refractivity contribution is -0.121. The zero-order valence-corrected chi connectivity index (χ0v) is 14.4. The largest absolute Gasteiger partial charge is 0.360 e. The van der Waals surface area contributed by atoms with E-state index in [1.165, 1.54) is 45.1 Å². The molecular weight excluding hydrogens is 314 g/mol. The molecule has 1 aromatic rings. The topological polar surface area (TPSA) is 58.4 Å². The second-order valence-corrected chi connectivity index (χ2v) is 7.25. The monoisotopic (exact) mass is 339 g/mol. The van der Waals surface area contributed by atoms with Crippen LogP contribution in [0.4, 0.5) is 0 Å². The maximum Gasteiger partial charge on any atom is 0.220 e. The normalized spacial score (nSPS) is 23.3. The molecule has 0 bridgehead atoms. The zero-order chi connectivity index (χ0) is 16.1. The molecule has 2 fully saturated rings. The molecule has 1 saturated heterocycles. The quantitative estimate of drug-likeness (QED) is 0.865. The molecule has 5 nitrogen and oxygen atoms in total. The molecule has 0 aromatic carbocycles. The van der Waals surface area contributed by atoms with Gasteiger partial charge in [-0.25, -0.2) is 0 Å². The molecule has 1 N–H and O–H groups in total. The van der Waals surface area contributed by atoms with Crippen molar-refractivity contribution in [2.24, 2.45) is 5.92 Å². The minimum Gasteiger partial charge on any atom is -0.360 e. The van der Waals surface area contributed by atoms with Gasteiger partial charge in [-0.05, 0) is 38.1 Å². The molecule has 2 aliphatic rings. The van der Waals surface area contributed by atoms with Gasteiger partial charge in [0.2, 0.25) is 5.91 Å². The van der Waals surface area contributed by atoms with Crippen LogP contribution in [-0.2, 0) is 11.2 Å². The van der Waals surface area contributed by atoms with Gasteiger partial charge in [0.05, 0.1) is 0 Å². The summed E-state index contributed by atoms with van der Waals surface area (Å²) in [6.07, 6.45) is 8.93. The average Bonchev–Trinajstić information content (AvgIpc) is 3.23.